The van der Waals surface area contributed by atoms with Crippen LogP contribution < -0.4 is 5.32 Å². The zero-order chi connectivity index (χ0) is 16.6. The molecule has 1 aliphatic rings. The van der Waals surface area contributed by atoms with Gasteiger partial charge in [-0.1, -0.05) is 50.2 Å². The summed E-state index contributed by atoms with van der Waals surface area (Å²) in [5, 5.41) is 5.12. The van der Waals surface area contributed by atoms with Gasteiger partial charge in [0.05, 0.1) is 6.54 Å². The molecule has 0 radical (unpaired) electrons. The van der Waals surface area contributed by atoms with Gasteiger partial charge in [0.2, 0.25) is 0 Å². The number of nitrogens with one attached hydrogen (secondary N) is 1. The van der Waals surface area contributed by atoms with E-state index < -0.39 is 5.54 Å². The summed E-state index contributed by atoms with van der Waals surface area (Å²) in [5.41, 5.74) is 0.170. The fourth-order valence-electron chi connectivity index (χ4n) is 3.37. The number of hydrogen-bond donors (Lipinski definition) is 1. The lowest BCUT2D eigenvalue weighted by atomic mass is 9.91. The third-order valence-corrected chi connectivity index (χ3v) is 4.32. The van der Waals surface area contributed by atoms with Gasteiger partial charge in [0, 0.05) is 0 Å². The molecular formula is C19H22N2O2. The third kappa shape index (κ3) is 2.93. The molecule has 1 atom stereocenters. The van der Waals surface area contributed by atoms with Gasteiger partial charge < -0.3 is 5.32 Å². The molecule has 0 aromatic heterocycles. The number of benzene rings is 2. The van der Waals surface area contributed by atoms with E-state index in [-0.39, 0.29) is 11.9 Å². The van der Waals surface area contributed by atoms with Gasteiger partial charge in [-0.05, 0) is 41.7 Å². The molecule has 3 rings (SSSR count). The molecule has 1 saturated heterocycles. The van der Waals surface area contributed by atoms with Crippen LogP contribution in [0.4, 0.5) is 4.79 Å². The van der Waals surface area contributed by atoms with Crippen molar-refractivity contribution < 1.29 is 9.59 Å². The number of carbonyl (C=O) groups excluding carboxylic acids is 2. The van der Waals surface area contributed by atoms with Crippen LogP contribution in [0.3, 0.4) is 0 Å². The average Bonchev–Trinajstić information content (AvgIpc) is 2.69. The van der Waals surface area contributed by atoms with Crippen molar-refractivity contribution in [1.29, 1.82) is 0 Å². The van der Waals surface area contributed by atoms with Crippen molar-refractivity contribution in [3.05, 3.63) is 48.0 Å². The number of amides is 3. The second-order valence-electron chi connectivity index (χ2n) is 6.93. The molecule has 4 nitrogen and oxygen atoms in total. The standard InChI is InChI=1S/C19H22N2O2/c1-13(2)11-19(3)17(22)21(18(23)20-19)12-14-8-9-15-6-4-5-7-16(15)10-14/h4-10,13H,11-12H2,1-3H3,(H,20,23). The molecule has 0 aliphatic carbocycles. The Labute approximate surface area is 136 Å². The summed E-state index contributed by atoms with van der Waals surface area (Å²) in [6, 6.07) is 13.8. The van der Waals surface area contributed by atoms with Crippen LogP contribution >= 0.6 is 0 Å². The highest BCUT2D eigenvalue weighted by molar-refractivity contribution is 6.06. The SMILES string of the molecule is CC(C)CC1(C)NC(=O)N(Cc2ccc3ccccc3c2)C1=O. The molecule has 23 heavy (non-hydrogen) atoms. The third-order valence-electron chi connectivity index (χ3n) is 4.32. The summed E-state index contributed by atoms with van der Waals surface area (Å²) in [5.74, 6) is 0.203. The van der Waals surface area contributed by atoms with Crippen LogP contribution in [0.5, 0.6) is 0 Å². The second-order valence-corrected chi connectivity index (χ2v) is 6.93. The topological polar surface area (TPSA) is 49.4 Å². The smallest absolute Gasteiger partial charge is 0.323 e. The zero-order valence-electron chi connectivity index (χ0n) is 13.8. The minimum absolute atomic E-state index is 0.135. The Kier molecular flexibility index (Phi) is 3.84. The Morgan fingerprint density at radius 2 is 1.78 bits per heavy atom. The molecule has 0 spiro atoms. The molecule has 1 unspecified atom stereocenters. The second kappa shape index (κ2) is 5.69. The normalized spacial score (nSPS) is 21.3. The molecule has 1 fully saturated rings. The Hall–Kier alpha value is -2.36. The van der Waals surface area contributed by atoms with Crippen molar-refractivity contribution in [3.8, 4) is 0 Å². The summed E-state index contributed by atoms with van der Waals surface area (Å²) >= 11 is 0. The lowest BCUT2D eigenvalue weighted by molar-refractivity contribution is -0.131. The van der Waals surface area contributed by atoms with Crippen molar-refractivity contribution >= 4 is 22.7 Å². The predicted molar refractivity (Wildman–Crippen MR) is 90.9 cm³/mol. The van der Waals surface area contributed by atoms with Crippen LogP contribution in [0.15, 0.2) is 42.5 Å². The number of rotatable bonds is 4. The molecule has 3 amide bonds. The Morgan fingerprint density at radius 1 is 1.09 bits per heavy atom. The zero-order valence-corrected chi connectivity index (χ0v) is 13.8. The van der Waals surface area contributed by atoms with Crippen LogP contribution in [0.2, 0.25) is 0 Å². The Bertz CT molecular complexity index is 769. The van der Waals surface area contributed by atoms with Crippen molar-refractivity contribution in [2.45, 2.75) is 39.3 Å². The molecule has 1 N–H and O–H groups in total. The first-order valence-corrected chi connectivity index (χ1v) is 8.01. The van der Waals surface area contributed by atoms with Crippen LogP contribution in [0.25, 0.3) is 10.8 Å². The van der Waals surface area contributed by atoms with E-state index in [1.807, 2.05) is 49.4 Å². The largest absolute Gasteiger partial charge is 0.325 e. The highest BCUT2D eigenvalue weighted by Crippen LogP contribution is 2.26. The predicted octanol–water partition coefficient (Wildman–Crippen LogP) is 3.70. The fourth-order valence-corrected chi connectivity index (χ4v) is 3.37. The minimum atomic E-state index is -0.790. The minimum Gasteiger partial charge on any atom is -0.323 e. The maximum absolute atomic E-state index is 12.7. The first-order chi connectivity index (χ1) is 10.9. The van der Waals surface area contributed by atoms with E-state index in [1.54, 1.807) is 0 Å². The van der Waals surface area contributed by atoms with Crippen LogP contribution in [0, 0.1) is 5.92 Å². The van der Waals surface area contributed by atoms with E-state index in [9.17, 15) is 9.59 Å². The average molecular weight is 310 g/mol. The number of hydrogen-bond acceptors (Lipinski definition) is 2. The molecular weight excluding hydrogens is 288 g/mol. The summed E-state index contributed by atoms with van der Waals surface area (Å²) in [6.45, 7) is 6.23. The lowest BCUT2D eigenvalue weighted by Crippen LogP contribution is -2.44. The van der Waals surface area contributed by atoms with Gasteiger partial charge in [0.15, 0.2) is 0 Å². The summed E-state index contributed by atoms with van der Waals surface area (Å²) < 4.78 is 0. The monoisotopic (exact) mass is 310 g/mol. The van der Waals surface area contributed by atoms with Gasteiger partial charge in [-0.3, -0.25) is 9.69 Å². The summed E-state index contributed by atoms with van der Waals surface area (Å²) in [6.07, 6.45) is 0.645. The summed E-state index contributed by atoms with van der Waals surface area (Å²) in [4.78, 5) is 26.3. The molecule has 4 heteroatoms. The van der Waals surface area contributed by atoms with E-state index in [0.29, 0.717) is 18.9 Å². The van der Waals surface area contributed by atoms with E-state index in [0.717, 1.165) is 16.3 Å². The van der Waals surface area contributed by atoms with Gasteiger partial charge in [-0.15, -0.1) is 0 Å². The molecule has 1 aliphatic heterocycles. The molecule has 0 bridgehead atoms. The first kappa shape index (κ1) is 15.5. The highest BCUT2D eigenvalue weighted by Gasteiger charge is 2.47. The van der Waals surface area contributed by atoms with Gasteiger partial charge in [-0.2, -0.15) is 0 Å². The molecule has 1 heterocycles. The van der Waals surface area contributed by atoms with Crippen molar-refractivity contribution in [1.82, 2.24) is 10.2 Å². The van der Waals surface area contributed by atoms with E-state index in [1.165, 1.54) is 4.90 Å². The van der Waals surface area contributed by atoms with Crippen molar-refractivity contribution in [2.75, 3.05) is 0 Å². The van der Waals surface area contributed by atoms with E-state index in [4.69, 9.17) is 0 Å². The maximum Gasteiger partial charge on any atom is 0.325 e. The molecule has 2 aromatic carbocycles. The van der Waals surface area contributed by atoms with Gasteiger partial charge in [-0.25, -0.2) is 4.79 Å². The Balaban J connectivity index is 1.84. The van der Waals surface area contributed by atoms with E-state index >= 15 is 0 Å². The highest BCUT2D eigenvalue weighted by atomic mass is 16.2. The number of carbonyl (C=O) groups is 2. The first-order valence-electron chi connectivity index (χ1n) is 8.01. The Morgan fingerprint density at radius 3 is 2.48 bits per heavy atom. The van der Waals surface area contributed by atoms with Crippen LogP contribution in [-0.2, 0) is 11.3 Å². The van der Waals surface area contributed by atoms with Crippen molar-refractivity contribution in [2.24, 2.45) is 5.92 Å². The van der Waals surface area contributed by atoms with Gasteiger partial charge >= 0.3 is 6.03 Å². The van der Waals surface area contributed by atoms with Gasteiger partial charge in [0.1, 0.15) is 5.54 Å². The van der Waals surface area contributed by atoms with E-state index in [2.05, 4.69) is 19.2 Å². The van der Waals surface area contributed by atoms with Gasteiger partial charge in [0.25, 0.3) is 5.91 Å². The fraction of sp³-hybridized carbons (Fsp3) is 0.368. The number of urea groups is 1. The summed E-state index contributed by atoms with van der Waals surface area (Å²) in [7, 11) is 0. The van der Waals surface area contributed by atoms with Crippen LogP contribution in [-0.4, -0.2) is 22.4 Å². The lowest BCUT2D eigenvalue weighted by Gasteiger charge is -2.23. The van der Waals surface area contributed by atoms with Crippen LogP contribution in [0.1, 0.15) is 32.8 Å². The quantitative estimate of drug-likeness (QED) is 0.875. The number of imide groups is 1. The molecule has 2 aromatic rings. The number of fused-ring (bicyclic) bond motifs is 1. The maximum atomic E-state index is 12.7. The molecule has 0 saturated carbocycles. The number of nitrogens with zero attached hydrogens (tertiary/aromatic N) is 1. The molecule has 120 valence electrons. The van der Waals surface area contributed by atoms with Crippen molar-refractivity contribution in [3.63, 3.8) is 0 Å².